The van der Waals surface area contributed by atoms with Gasteiger partial charge in [-0.25, -0.2) is 4.98 Å². The van der Waals surface area contributed by atoms with E-state index in [1.807, 2.05) is 37.5 Å². The largest absolute Gasteiger partial charge is 0.363 e. The standard InChI is InChI=1S/C20H30N6/c1-14(2)12-18(15-6-5-9-22-13-15)23-19-16-7-10-21-11-8-17(16)24-20(25-19)26(3)4/h5-6,9,13-14,18,21H,7-8,10-12H2,1-4H3,(H,23,24,25)/t18-/m1/s1. The number of pyridine rings is 1. The fourth-order valence-electron chi connectivity index (χ4n) is 3.35. The van der Waals surface area contributed by atoms with E-state index in [2.05, 4.69) is 35.5 Å². The van der Waals surface area contributed by atoms with Gasteiger partial charge in [0.05, 0.1) is 11.7 Å². The number of hydrogen-bond acceptors (Lipinski definition) is 6. The number of nitrogens with zero attached hydrogens (tertiary/aromatic N) is 4. The van der Waals surface area contributed by atoms with Gasteiger partial charge >= 0.3 is 0 Å². The molecule has 0 spiro atoms. The molecule has 2 aromatic heterocycles. The van der Waals surface area contributed by atoms with Gasteiger partial charge in [-0.2, -0.15) is 4.98 Å². The Morgan fingerprint density at radius 1 is 1.19 bits per heavy atom. The molecule has 0 aromatic carbocycles. The van der Waals surface area contributed by atoms with Crippen LogP contribution in [0, 0.1) is 5.92 Å². The van der Waals surface area contributed by atoms with E-state index in [0.717, 1.165) is 49.8 Å². The average molecular weight is 355 g/mol. The molecule has 1 aliphatic rings. The summed E-state index contributed by atoms with van der Waals surface area (Å²) in [5, 5.41) is 7.20. The number of nitrogens with one attached hydrogen (secondary N) is 2. The zero-order valence-corrected chi connectivity index (χ0v) is 16.3. The van der Waals surface area contributed by atoms with Gasteiger partial charge in [-0.1, -0.05) is 19.9 Å². The van der Waals surface area contributed by atoms with E-state index < -0.39 is 0 Å². The van der Waals surface area contributed by atoms with Gasteiger partial charge < -0.3 is 15.5 Å². The predicted molar refractivity (Wildman–Crippen MR) is 107 cm³/mol. The van der Waals surface area contributed by atoms with Gasteiger partial charge in [-0.3, -0.25) is 4.98 Å². The SMILES string of the molecule is CC(C)C[C@@H](Nc1nc(N(C)C)nc2c1CCNCC2)c1cccnc1. The number of rotatable bonds is 6. The van der Waals surface area contributed by atoms with Crippen molar-refractivity contribution in [2.45, 2.75) is 39.2 Å². The molecule has 1 aliphatic heterocycles. The first kappa shape index (κ1) is 18.6. The summed E-state index contributed by atoms with van der Waals surface area (Å²) in [7, 11) is 3.99. The van der Waals surface area contributed by atoms with Gasteiger partial charge in [0.15, 0.2) is 0 Å². The van der Waals surface area contributed by atoms with E-state index in [1.54, 1.807) is 0 Å². The van der Waals surface area contributed by atoms with Crippen LogP contribution in [0.2, 0.25) is 0 Å². The van der Waals surface area contributed by atoms with Crippen LogP contribution in [0.5, 0.6) is 0 Å². The van der Waals surface area contributed by atoms with Crippen LogP contribution >= 0.6 is 0 Å². The van der Waals surface area contributed by atoms with Crippen molar-refractivity contribution in [3.8, 4) is 0 Å². The summed E-state index contributed by atoms with van der Waals surface area (Å²) in [6, 6.07) is 4.33. The highest BCUT2D eigenvalue weighted by Crippen LogP contribution is 2.29. The van der Waals surface area contributed by atoms with Gasteiger partial charge in [0.2, 0.25) is 5.95 Å². The molecular formula is C20H30N6. The fraction of sp³-hybridized carbons (Fsp3) is 0.550. The molecule has 0 saturated carbocycles. The van der Waals surface area contributed by atoms with E-state index in [0.29, 0.717) is 5.92 Å². The summed E-state index contributed by atoms with van der Waals surface area (Å²) < 4.78 is 0. The molecule has 0 saturated heterocycles. The molecule has 6 heteroatoms. The second-order valence-corrected chi connectivity index (χ2v) is 7.55. The fourth-order valence-corrected chi connectivity index (χ4v) is 3.35. The first-order chi connectivity index (χ1) is 12.5. The van der Waals surface area contributed by atoms with Crippen LogP contribution < -0.4 is 15.5 Å². The summed E-state index contributed by atoms with van der Waals surface area (Å²) in [5.74, 6) is 2.31. The molecule has 140 valence electrons. The van der Waals surface area contributed by atoms with E-state index in [4.69, 9.17) is 9.97 Å². The van der Waals surface area contributed by atoms with Crippen molar-refractivity contribution < 1.29 is 0 Å². The number of fused-ring (bicyclic) bond motifs is 1. The van der Waals surface area contributed by atoms with Gasteiger partial charge in [0, 0.05) is 45.0 Å². The van der Waals surface area contributed by atoms with Crippen molar-refractivity contribution in [3.63, 3.8) is 0 Å². The van der Waals surface area contributed by atoms with Crippen LogP contribution in [-0.2, 0) is 12.8 Å². The van der Waals surface area contributed by atoms with Crippen LogP contribution in [0.3, 0.4) is 0 Å². The van der Waals surface area contributed by atoms with E-state index >= 15 is 0 Å². The lowest BCUT2D eigenvalue weighted by molar-refractivity contribution is 0.528. The second-order valence-electron chi connectivity index (χ2n) is 7.55. The van der Waals surface area contributed by atoms with Gasteiger partial charge in [0.1, 0.15) is 5.82 Å². The number of aromatic nitrogens is 3. The van der Waals surface area contributed by atoms with Crippen molar-refractivity contribution in [3.05, 3.63) is 41.3 Å². The molecule has 0 unspecified atom stereocenters. The first-order valence-corrected chi connectivity index (χ1v) is 9.49. The molecule has 2 N–H and O–H groups in total. The lowest BCUT2D eigenvalue weighted by Crippen LogP contribution is -2.20. The summed E-state index contributed by atoms with van der Waals surface area (Å²) >= 11 is 0. The minimum Gasteiger partial charge on any atom is -0.363 e. The Morgan fingerprint density at radius 3 is 2.69 bits per heavy atom. The smallest absolute Gasteiger partial charge is 0.227 e. The Balaban J connectivity index is 1.98. The lowest BCUT2D eigenvalue weighted by atomic mass is 9.97. The number of anilines is 2. The van der Waals surface area contributed by atoms with Crippen molar-refractivity contribution in [1.82, 2.24) is 20.3 Å². The van der Waals surface area contributed by atoms with Crippen LogP contribution in [0.1, 0.15) is 43.1 Å². The molecule has 3 heterocycles. The molecule has 0 radical (unpaired) electrons. The maximum Gasteiger partial charge on any atom is 0.227 e. The molecule has 6 nitrogen and oxygen atoms in total. The lowest BCUT2D eigenvalue weighted by Gasteiger charge is -2.24. The van der Waals surface area contributed by atoms with Gasteiger partial charge in [-0.15, -0.1) is 0 Å². The Hall–Kier alpha value is -2.21. The van der Waals surface area contributed by atoms with Crippen LogP contribution in [0.25, 0.3) is 0 Å². The van der Waals surface area contributed by atoms with Crippen molar-refractivity contribution >= 4 is 11.8 Å². The molecule has 0 amide bonds. The Kier molecular flexibility index (Phi) is 6.04. The zero-order chi connectivity index (χ0) is 18.5. The third-order valence-corrected chi connectivity index (χ3v) is 4.68. The molecular weight excluding hydrogens is 324 g/mol. The van der Waals surface area contributed by atoms with E-state index in [9.17, 15) is 0 Å². The summed E-state index contributed by atoms with van der Waals surface area (Å²) in [6.07, 6.45) is 6.69. The Labute approximate surface area is 156 Å². The highest BCUT2D eigenvalue weighted by atomic mass is 15.2. The molecule has 1 atom stereocenters. The highest BCUT2D eigenvalue weighted by Gasteiger charge is 2.21. The van der Waals surface area contributed by atoms with Crippen LogP contribution in [0.15, 0.2) is 24.5 Å². The highest BCUT2D eigenvalue weighted by molar-refractivity contribution is 5.53. The van der Waals surface area contributed by atoms with Crippen molar-refractivity contribution in [2.24, 2.45) is 5.92 Å². The summed E-state index contributed by atoms with van der Waals surface area (Å²) in [5.41, 5.74) is 3.61. The minimum absolute atomic E-state index is 0.189. The topological polar surface area (TPSA) is 66.0 Å². The molecule has 0 aliphatic carbocycles. The molecule has 3 rings (SSSR count). The summed E-state index contributed by atoms with van der Waals surface area (Å²) in [4.78, 5) is 15.9. The minimum atomic E-state index is 0.189. The van der Waals surface area contributed by atoms with Crippen molar-refractivity contribution in [1.29, 1.82) is 0 Å². The molecule has 26 heavy (non-hydrogen) atoms. The Bertz CT molecular complexity index is 714. The average Bonchev–Trinajstić information content (AvgIpc) is 2.87. The maximum absolute atomic E-state index is 4.86. The molecule has 0 fully saturated rings. The summed E-state index contributed by atoms with van der Waals surface area (Å²) in [6.45, 7) is 6.43. The van der Waals surface area contributed by atoms with Gasteiger partial charge in [0.25, 0.3) is 0 Å². The molecule has 2 aromatic rings. The zero-order valence-electron chi connectivity index (χ0n) is 16.3. The maximum atomic E-state index is 4.86. The van der Waals surface area contributed by atoms with E-state index in [1.165, 1.54) is 11.1 Å². The van der Waals surface area contributed by atoms with Gasteiger partial charge in [-0.05, 0) is 36.9 Å². The Morgan fingerprint density at radius 2 is 2.00 bits per heavy atom. The third-order valence-electron chi connectivity index (χ3n) is 4.68. The van der Waals surface area contributed by atoms with Crippen LogP contribution in [0.4, 0.5) is 11.8 Å². The third kappa shape index (κ3) is 4.49. The van der Waals surface area contributed by atoms with Crippen molar-refractivity contribution in [2.75, 3.05) is 37.4 Å². The quantitative estimate of drug-likeness (QED) is 0.832. The van der Waals surface area contributed by atoms with Crippen LogP contribution in [-0.4, -0.2) is 42.1 Å². The normalized spacial score (nSPS) is 15.3. The number of hydrogen-bond donors (Lipinski definition) is 2. The monoisotopic (exact) mass is 354 g/mol. The molecule has 0 bridgehead atoms. The second kappa shape index (κ2) is 8.45. The van der Waals surface area contributed by atoms with E-state index in [-0.39, 0.29) is 6.04 Å². The first-order valence-electron chi connectivity index (χ1n) is 9.49. The predicted octanol–water partition coefficient (Wildman–Crippen LogP) is 2.83.